The van der Waals surface area contributed by atoms with Crippen molar-refractivity contribution in [3.05, 3.63) is 63.7 Å². The minimum Gasteiger partial charge on any atom is -0.478 e. The van der Waals surface area contributed by atoms with E-state index in [0.717, 1.165) is 0 Å². The number of carboxylic acids is 1. The second-order valence-electron chi connectivity index (χ2n) is 7.81. The van der Waals surface area contributed by atoms with Gasteiger partial charge in [-0.05, 0) is 42.3 Å². The summed E-state index contributed by atoms with van der Waals surface area (Å²) in [5, 5.41) is 24.8. The summed E-state index contributed by atoms with van der Waals surface area (Å²) < 4.78 is 5.28. The Balaban J connectivity index is 1.70. The van der Waals surface area contributed by atoms with Gasteiger partial charge in [-0.15, -0.1) is 0 Å². The summed E-state index contributed by atoms with van der Waals surface area (Å²) in [6.45, 7) is 1.25. The van der Waals surface area contributed by atoms with Gasteiger partial charge in [-0.3, -0.25) is 24.6 Å². The normalized spacial score (nSPS) is 16.9. The molecule has 35 heavy (non-hydrogen) atoms. The highest BCUT2D eigenvalue weighted by Gasteiger charge is 2.39. The van der Waals surface area contributed by atoms with E-state index in [1.807, 2.05) is 0 Å². The lowest BCUT2D eigenvalue weighted by Gasteiger charge is -2.23. The number of carboxylic acid groups (broad SMARTS) is 1. The van der Waals surface area contributed by atoms with Crippen LogP contribution in [0.4, 0.5) is 21.9 Å². The summed E-state index contributed by atoms with van der Waals surface area (Å²) in [4.78, 5) is 59.9. The van der Waals surface area contributed by atoms with Crippen LogP contribution in [0.5, 0.6) is 0 Å². The second kappa shape index (κ2) is 10.9. The zero-order chi connectivity index (χ0) is 25.7. The van der Waals surface area contributed by atoms with Crippen molar-refractivity contribution < 1.29 is 33.9 Å². The summed E-state index contributed by atoms with van der Waals surface area (Å²) in [6, 6.07) is 8.46. The highest BCUT2D eigenvalue weighted by atomic mass is 32.1. The summed E-state index contributed by atoms with van der Waals surface area (Å²) >= 11 is 4.37. The fourth-order valence-corrected chi connectivity index (χ4v) is 3.91. The SMILES string of the molecule is CC(=O)Nc1cc(NC(=O)[C@@H]2C[C@H](S)CN2C(=O)OCc2ccc([N+](=O)[O-])cc2)cc(C(=O)O)c1. The second-order valence-corrected chi connectivity index (χ2v) is 8.54. The van der Waals surface area contributed by atoms with E-state index in [-0.39, 0.29) is 47.4 Å². The lowest BCUT2D eigenvalue weighted by Crippen LogP contribution is -2.43. The van der Waals surface area contributed by atoms with Crippen LogP contribution in [-0.4, -0.2) is 56.6 Å². The molecule has 0 aliphatic carbocycles. The van der Waals surface area contributed by atoms with Gasteiger partial charge in [0.25, 0.3) is 5.69 Å². The molecule has 1 saturated heterocycles. The molecule has 0 saturated carbocycles. The number of anilines is 2. The van der Waals surface area contributed by atoms with Gasteiger partial charge in [-0.2, -0.15) is 12.6 Å². The maximum Gasteiger partial charge on any atom is 0.410 e. The molecule has 2 aromatic rings. The topological polar surface area (TPSA) is 168 Å². The van der Waals surface area contributed by atoms with E-state index in [2.05, 4.69) is 23.3 Å². The van der Waals surface area contributed by atoms with E-state index in [1.54, 1.807) is 0 Å². The summed E-state index contributed by atoms with van der Waals surface area (Å²) in [6.07, 6.45) is -0.531. The Hall–Kier alpha value is -4.13. The number of nitrogens with one attached hydrogen (secondary N) is 2. The van der Waals surface area contributed by atoms with Crippen LogP contribution in [0.1, 0.15) is 29.3 Å². The molecule has 0 radical (unpaired) electrons. The molecule has 3 N–H and O–H groups in total. The van der Waals surface area contributed by atoms with Crippen molar-refractivity contribution >= 4 is 53.6 Å². The van der Waals surface area contributed by atoms with Crippen molar-refractivity contribution in [2.45, 2.75) is 31.2 Å². The Morgan fingerprint density at radius 1 is 1.14 bits per heavy atom. The van der Waals surface area contributed by atoms with Crippen LogP contribution >= 0.6 is 12.6 Å². The zero-order valence-electron chi connectivity index (χ0n) is 18.5. The quantitative estimate of drug-likeness (QED) is 0.255. The van der Waals surface area contributed by atoms with Crippen molar-refractivity contribution in [2.24, 2.45) is 0 Å². The van der Waals surface area contributed by atoms with Crippen LogP contribution < -0.4 is 10.6 Å². The molecule has 3 amide bonds. The van der Waals surface area contributed by atoms with Crippen LogP contribution in [0, 0.1) is 10.1 Å². The maximum atomic E-state index is 13.0. The van der Waals surface area contributed by atoms with E-state index in [1.165, 1.54) is 54.3 Å². The third-order valence-corrected chi connectivity index (χ3v) is 5.47. The lowest BCUT2D eigenvalue weighted by molar-refractivity contribution is -0.384. The van der Waals surface area contributed by atoms with Gasteiger partial charge in [0.15, 0.2) is 0 Å². The zero-order valence-corrected chi connectivity index (χ0v) is 19.4. The largest absolute Gasteiger partial charge is 0.478 e. The summed E-state index contributed by atoms with van der Waals surface area (Å²) in [7, 11) is 0. The molecule has 12 nitrogen and oxygen atoms in total. The van der Waals surface area contributed by atoms with E-state index >= 15 is 0 Å². The van der Waals surface area contributed by atoms with Gasteiger partial charge in [0.1, 0.15) is 12.6 Å². The van der Waals surface area contributed by atoms with Crippen molar-refractivity contribution in [3.63, 3.8) is 0 Å². The molecule has 1 aliphatic rings. The van der Waals surface area contributed by atoms with Gasteiger partial charge in [0, 0.05) is 42.2 Å². The van der Waals surface area contributed by atoms with E-state index in [9.17, 15) is 34.4 Å². The lowest BCUT2D eigenvalue weighted by atomic mass is 10.1. The number of aromatic carboxylic acids is 1. The number of nitro benzene ring substituents is 1. The number of benzene rings is 2. The highest BCUT2D eigenvalue weighted by molar-refractivity contribution is 7.81. The third-order valence-electron chi connectivity index (χ3n) is 5.09. The number of carbonyl (C=O) groups is 4. The Kier molecular flexibility index (Phi) is 7.91. The van der Waals surface area contributed by atoms with Crippen LogP contribution in [-0.2, 0) is 20.9 Å². The number of carbonyl (C=O) groups excluding carboxylic acids is 3. The Labute approximate surface area is 204 Å². The monoisotopic (exact) mass is 502 g/mol. The maximum absolute atomic E-state index is 13.0. The summed E-state index contributed by atoms with van der Waals surface area (Å²) in [5.74, 6) is -2.24. The molecule has 1 aliphatic heterocycles. The minimum atomic E-state index is -1.25. The van der Waals surface area contributed by atoms with Crippen LogP contribution in [0.15, 0.2) is 42.5 Å². The third kappa shape index (κ3) is 6.69. The Bertz CT molecular complexity index is 1170. The standard InChI is InChI=1S/C22H22N4O8S/c1-12(27)23-15-6-14(21(29)30)7-16(8-15)24-20(28)19-9-18(35)10-25(19)22(31)34-11-13-2-4-17(5-3-13)26(32)33/h2-8,18-19,35H,9-11H2,1H3,(H,23,27)(H,24,28)(H,29,30)/t18-,19-/m0/s1. The van der Waals surface area contributed by atoms with Crippen LogP contribution in [0.3, 0.4) is 0 Å². The molecule has 0 bridgehead atoms. The van der Waals surface area contributed by atoms with E-state index in [4.69, 9.17) is 4.74 Å². The predicted molar refractivity (Wildman–Crippen MR) is 128 cm³/mol. The molecular weight excluding hydrogens is 480 g/mol. The van der Waals surface area contributed by atoms with Gasteiger partial charge in [0.2, 0.25) is 11.8 Å². The smallest absolute Gasteiger partial charge is 0.410 e. The van der Waals surface area contributed by atoms with E-state index in [0.29, 0.717) is 5.56 Å². The Morgan fingerprint density at radius 2 is 1.77 bits per heavy atom. The number of rotatable bonds is 7. The van der Waals surface area contributed by atoms with E-state index < -0.39 is 34.8 Å². The molecule has 0 unspecified atom stereocenters. The number of likely N-dealkylation sites (tertiary alicyclic amines) is 1. The molecule has 1 heterocycles. The van der Waals surface area contributed by atoms with Crippen LogP contribution in [0.2, 0.25) is 0 Å². The molecule has 13 heteroatoms. The number of thiol groups is 1. The summed E-state index contributed by atoms with van der Waals surface area (Å²) in [5.41, 5.74) is 0.598. The number of hydrogen-bond acceptors (Lipinski definition) is 8. The van der Waals surface area contributed by atoms with Crippen LogP contribution in [0.25, 0.3) is 0 Å². The first kappa shape index (κ1) is 25.5. The first-order valence-electron chi connectivity index (χ1n) is 10.3. The molecular formula is C22H22N4O8S. The molecule has 1 fully saturated rings. The number of ether oxygens (including phenoxy) is 1. The average Bonchev–Trinajstić information content (AvgIpc) is 3.19. The predicted octanol–water partition coefficient (Wildman–Crippen LogP) is 2.90. The molecule has 2 atom stereocenters. The minimum absolute atomic E-state index is 0.0945. The number of amides is 3. The fraction of sp³-hybridized carbons (Fsp3) is 0.273. The average molecular weight is 503 g/mol. The van der Waals surface area contributed by atoms with Gasteiger partial charge >= 0.3 is 12.1 Å². The van der Waals surface area contributed by atoms with Gasteiger partial charge < -0.3 is 20.5 Å². The van der Waals surface area contributed by atoms with Gasteiger partial charge in [-0.1, -0.05) is 0 Å². The fourth-order valence-electron chi connectivity index (χ4n) is 3.53. The molecule has 2 aromatic carbocycles. The first-order chi connectivity index (χ1) is 16.5. The first-order valence-corrected chi connectivity index (χ1v) is 10.9. The number of nitrogens with zero attached hydrogens (tertiary/aromatic N) is 2. The Morgan fingerprint density at radius 3 is 2.34 bits per heavy atom. The van der Waals surface area contributed by atoms with Crippen molar-refractivity contribution in [1.82, 2.24) is 4.90 Å². The number of hydrogen-bond donors (Lipinski definition) is 4. The van der Waals surface area contributed by atoms with Gasteiger partial charge in [0.05, 0.1) is 10.5 Å². The number of non-ortho nitro benzene ring substituents is 1. The molecule has 184 valence electrons. The molecule has 3 rings (SSSR count). The van der Waals surface area contributed by atoms with Gasteiger partial charge in [-0.25, -0.2) is 9.59 Å². The molecule has 0 aromatic heterocycles. The van der Waals surface area contributed by atoms with Crippen molar-refractivity contribution in [1.29, 1.82) is 0 Å². The van der Waals surface area contributed by atoms with Crippen molar-refractivity contribution in [3.8, 4) is 0 Å². The highest BCUT2D eigenvalue weighted by Crippen LogP contribution is 2.26. The number of nitro groups is 1. The molecule has 0 spiro atoms. The van der Waals surface area contributed by atoms with Crippen molar-refractivity contribution in [2.75, 3.05) is 17.2 Å².